The van der Waals surface area contributed by atoms with Crippen molar-refractivity contribution in [2.24, 2.45) is 0 Å². The van der Waals surface area contributed by atoms with Crippen molar-refractivity contribution >= 4 is 11.6 Å². The summed E-state index contributed by atoms with van der Waals surface area (Å²) in [5, 5.41) is 0. The molecule has 0 N–H and O–H groups in total. The van der Waals surface area contributed by atoms with Crippen LogP contribution in [-0.2, 0) is 12.8 Å². The molecule has 4 rings (SSSR count). The van der Waals surface area contributed by atoms with E-state index in [1.54, 1.807) is 6.92 Å². The molecule has 0 aromatic heterocycles. The first-order valence-corrected chi connectivity index (χ1v) is 9.45. The smallest absolute Gasteiger partial charge is 0.159 e. The zero-order chi connectivity index (χ0) is 21.6. The minimum atomic E-state index is -1.22. The molecule has 1 aliphatic rings. The summed E-state index contributed by atoms with van der Waals surface area (Å²) in [5.41, 5.74) is 0.339. The Balaban J connectivity index is 1.83. The molecular formula is C24H16F6. The largest absolute Gasteiger partial charge is 0.206 e. The maximum absolute atomic E-state index is 15.1. The van der Waals surface area contributed by atoms with Crippen LogP contribution >= 0.6 is 0 Å². The zero-order valence-electron chi connectivity index (χ0n) is 15.9. The van der Waals surface area contributed by atoms with Crippen LogP contribution in [0.2, 0.25) is 0 Å². The lowest BCUT2D eigenvalue weighted by Crippen LogP contribution is -2.08. The highest BCUT2D eigenvalue weighted by molar-refractivity contribution is 5.86. The fourth-order valence-corrected chi connectivity index (χ4v) is 3.83. The van der Waals surface area contributed by atoms with Crippen molar-refractivity contribution in [2.75, 3.05) is 0 Å². The maximum atomic E-state index is 15.1. The van der Waals surface area contributed by atoms with E-state index in [2.05, 4.69) is 0 Å². The Morgan fingerprint density at radius 1 is 0.700 bits per heavy atom. The van der Waals surface area contributed by atoms with Crippen molar-refractivity contribution in [3.05, 3.63) is 93.6 Å². The van der Waals surface area contributed by atoms with Gasteiger partial charge in [0.05, 0.1) is 5.56 Å². The molecule has 1 aliphatic carbocycles. The van der Waals surface area contributed by atoms with Gasteiger partial charge in [-0.3, -0.25) is 0 Å². The molecule has 0 bridgehead atoms. The van der Waals surface area contributed by atoms with Crippen LogP contribution in [0.25, 0.3) is 22.8 Å². The number of allylic oxidation sites excluding steroid dienone is 1. The first kappa shape index (κ1) is 20.3. The van der Waals surface area contributed by atoms with Gasteiger partial charge in [0.1, 0.15) is 23.3 Å². The Kier molecular flexibility index (Phi) is 5.18. The molecule has 0 radical (unpaired) electrons. The summed E-state index contributed by atoms with van der Waals surface area (Å²) in [4.78, 5) is 0. The molecule has 0 heterocycles. The van der Waals surface area contributed by atoms with Crippen LogP contribution in [0.4, 0.5) is 26.3 Å². The Morgan fingerprint density at radius 3 is 2.00 bits per heavy atom. The Bertz CT molecular complexity index is 1170. The number of halogens is 6. The number of rotatable bonds is 3. The molecule has 3 aromatic carbocycles. The highest BCUT2D eigenvalue weighted by Gasteiger charge is 2.25. The molecule has 0 unspecified atom stereocenters. The van der Waals surface area contributed by atoms with E-state index in [1.165, 1.54) is 18.2 Å². The van der Waals surface area contributed by atoms with Crippen LogP contribution < -0.4 is 0 Å². The van der Waals surface area contributed by atoms with Crippen LogP contribution in [-0.4, -0.2) is 0 Å². The molecule has 0 aliphatic heterocycles. The number of fused-ring (bicyclic) bond motifs is 1. The van der Waals surface area contributed by atoms with Gasteiger partial charge in [-0.1, -0.05) is 19.1 Å². The lowest BCUT2D eigenvalue weighted by atomic mass is 9.85. The van der Waals surface area contributed by atoms with Crippen LogP contribution in [0.1, 0.15) is 35.6 Å². The molecule has 30 heavy (non-hydrogen) atoms. The molecule has 154 valence electrons. The Morgan fingerprint density at radius 2 is 1.37 bits per heavy atom. The van der Waals surface area contributed by atoms with E-state index in [9.17, 15) is 22.0 Å². The summed E-state index contributed by atoms with van der Waals surface area (Å²) in [5.74, 6) is -5.65. The van der Waals surface area contributed by atoms with Gasteiger partial charge in [0.25, 0.3) is 0 Å². The first-order chi connectivity index (χ1) is 14.3. The lowest BCUT2D eigenvalue weighted by Gasteiger charge is -2.20. The van der Waals surface area contributed by atoms with Gasteiger partial charge in [0.2, 0.25) is 0 Å². The minimum absolute atomic E-state index is 0.0817. The highest BCUT2D eigenvalue weighted by atomic mass is 19.2. The summed E-state index contributed by atoms with van der Waals surface area (Å²) in [6.45, 7) is 1.78. The van der Waals surface area contributed by atoms with Gasteiger partial charge in [0, 0.05) is 5.56 Å². The molecule has 0 amide bonds. The summed E-state index contributed by atoms with van der Waals surface area (Å²) < 4.78 is 85.5. The van der Waals surface area contributed by atoms with Crippen LogP contribution in [0, 0.1) is 34.9 Å². The molecule has 0 saturated carbocycles. The average molecular weight is 418 g/mol. The van der Waals surface area contributed by atoms with Crippen LogP contribution in [0.5, 0.6) is 0 Å². The molecule has 0 nitrogen and oxygen atoms in total. The van der Waals surface area contributed by atoms with Gasteiger partial charge in [-0.15, -0.1) is 0 Å². The summed E-state index contributed by atoms with van der Waals surface area (Å²) in [6, 6.07) is 6.17. The fourth-order valence-electron chi connectivity index (χ4n) is 3.83. The molecule has 0 atom stereocenters. The monoisotopic (exact) mass is 418 g/mol. The SMILES string of the molecule is CCc1cc(F)c(C2=Cc3cc(F)c(-c4ccc(F)c(F)c4)c(F)c3CC2)c(F)c1. The number of benzene rings is 3. The van der Waals surface area contributed by atoms with Crippen molar-refractivity contribution in [3.63, 3.8) is 0 Å². The summed E-state index contributed by atoms with van der Waals surface area (Å²) >= 11 is 0. The molecule has 6 heteroatoms. The van der Waals surface area contributed by atoms with Crippen molar-refractivity contribution in [1.82, 2.24) is 0 Å². The number of aryl methyl sites for hydroxylation is 1. The van der Waals surface area contributed by atoms with E-state index in [-0.39, 0.29) is 35.1 Å². The topological polar surface area (TPSA) is 0 Å². The number of hydrogen-bond acceptors (Lipinski definition) is 0. The van der Waals surface area contributed by atoms with Crippen LogP contribution in [0.15, 0.2) is 36.4 Å². The summed E-state index contributed by atoms with van der Waals surface area (Å²) in [6.07, 6.45) is 2.07. The predicted molar refractivity (Wildman–Crippen MR) is 104 cm³/mol. The molecule has 0 fully saturated rings. The van der Waals surface area contributed by atoms with Gasteiger partial charge in [-0.05, 0) is 77.4 Å². The third kappa shape index (κ3) is 3.40. The molecule has 3 aromatic rings. The Hall–Kier alpha value is -3.02. The van der Waals surface area contributed by atoms with Crippen molar-refractivity contribution in [1.29, 1.82) is 0 Å². The van der Waals surface area contributed by atoms with Crippen molar-refractivity contribution < 1.29 is 26.3 Å². The lowest BCUT2D eigenvalue weighted by molar-refractivity contribution is 0.508. The highest BCUT2D eigenvalue weighted by Crippen LogP contribution is 2.38. The van der Waals surface area contributed by atoms with E-state index < -0.39 is 40.5 Å². The third-order valence-electron chi connectivity index (χ3n) is 5.37. The van der Waals surface area contributed by atoms with Gasteiger partial charge < -0.3 is 0 Å². The van der Waals surface area contributed by atoms with Gasteiger partial charge in [-0.2, -0.15) is 0 Å². The van der Waals surface area contributed by atoms with E-state index in [0.717, 1.165) is 24.3 Å². The second-order valence-electron chi connectivity index (χ2n) is 7.20. The second-order valence-corrected chi connectivity index (χ2v) is 7.20. The van der Waals surface area contributed by atoms with Crippen LogP contribution in [0.3, 0.4) is 0 Å². The average Bonchev–Trinajstić information content (AvgIpc) is 2.69. The quantitative estimate of drug-likeness (QED) is 0.394. The van der Waals surface area contributed by atoms with E-state index in [1.807, 2.05) is 0 Å². The van der Waals surface area contributed by atoms with Gasteiger partial charge in [0.15, 0.2) is 11.6 Å². The van der Waals surface area contributed by atoms with Gasteiger partial charge >= 0.3 is 0 Å². The second kappa shape index (κ2) is 7.67. The van der Waals surface area contributed by atoms with E-state index in [0.29, 0.717) is 17.6 Å². The fraction of sp³-hybridized carbons (Fsp3) is 0.167. The number of hydrogen-bond donors (Lipinski definition) is 0. The normalized spacial score (nSPS) is 13.2. The molecule has 0 spiro atoms. The van der Waals surface area contributed by atoms with E-state index in [4.69, 9.17) is 0 Å². The van der Waals surface area contributed by atoms with Gasteiger partial charge in [-0.25, -0.2) is 26.3 Å². The predicted octanol–water partition coefficient (Wildman–Crippen LogP) is 7.24. The standard InChI is InChI=1S/C24H16F6/c1-2-12-7-19(27)22(20(28)8-12)13-3-5-16-15(9-13)11-21(29)23(24(16)30)14-4-6-17(25)18(26)10-14/h4,6-11H,2-3,5H2,1H3. The summed E-state index contributed by atoms with van der Waals surface area (Å²) in [7, 11) is 0. The zero-order valence-corrected chi connectivity index (χ0v) is 15.9. The van der Waals surface area contributed by atoms with E-state index >= 15 is 4.39 Å². The Labute approximate surface area is 169 Å². The maximum Gasteiger partial charge on any atom is 0.159 e. The molecular weight excluding hydrogens is 402 g/mol. The van der Waals surface area contributed by atoms with Crippen molar-refractivity contribution in [3.8, 4) is 11.1 Å². The first-order valence-electron chi connectivity index (χ1n) is 9.45. The minimum Gasteiger partial charge on any atom is -0.206 e. The molecule has 0 saturated heterocycles. The van der Waals surface area contributed by atoms with Crippen molar-refractivity contribution in [2.45, 2.75) is 26.2 Å². The third-order valence-corrected chi connectivity index (χ3v) is 5.37.